The number of rotatable bonds is 2. The topological polar surface area (TPSA) is 113 Å². The normalized spacial score (nSPS) is 49.6. The van der Waals surface area contributed by atoms with Gasteiger partial charge in [0.05, 0.1) is 12.2 Å². The molecule has 0 amide bonds. The molecule has 0 spiro atoms. The van der Waals surface area contributed by atoms with Crippen LogP contribution in [0.15, 0.2) is 11.6 Å². The van der Waals surface area contributed by atoms with Crippen molar-refractivity contribution in [2.24, 2.45) is 28.6 Å². The lowest BCUT2D eigenvalue weighted by atomic mass is 9.46. The zero-order chi connectivity index (χ0) is 23.6. The van der Waals surface area contributed by atoms with Crippen LogP contribution in [0.1, 0.15) is 59.8 Å². The molecule has 0 aliphatic heterocycles. The Hall–Kier alpha value is -1.88. The number of aliphatic hydroxyl groups is 3. The van der Waals surface area contributed by atoms with Gasteiger partial charge in [-0.2, -0.15) is 0 Å². The number of fused-ring (bicyclic) bond motifs is 5. The van der Waals surface area contributed by atoms with Crippen LogP contribution in [0, 0.1) is 40.9 Å². The summed E-state index contributed by atoms with van der Waals surface area (Å²) in [5.74, 6) is 1.31. The minimum Gasteiger partial charge on any atom is -0.459 e. The molecule has 0 heterocycles. The molecule has 0 aromatic heterocycles. The van der Waals surface area contributed by atoms with Gasteiger partial charge in [-0.15, -0.1) is 6.42 Å². The molecule has 7 nitrogen and oxygen atoms in total. The summed E-state index contributed by atoms with van der Waals surface area (Å²) in [6, 6.07) is 0. The second kappa shape index (κ2) is 7.58. The largest absolute Gasteiger partial charge is 0.459 e. The monoisotopic (exact) mass is 446 g/mol. The first kappa shape index (κ1) is 23.3. The van der Waals surface area contributed by atoms with E-state index in [1.54, 1.807) is 0 Å². The Morgan fingerprint density at radius 2 is 1.75 bits per heavy atom. The summed E-state index contributed by atoms with van der Waals surface area (Å²) in [5, 5.41) is 33.1. The van der Waals surface area contributed by atoms with E-state index >= 15 is 0 Å². The van der Waals surface area contributed by atoms with Crippen LogP contribution < -0.4 is 0 Å². The number of carbonyl (C=O) groups is 2. The molecule has 7 heteroatoms. The van der Waals surface area contributed by atoms with E-state index in [0.717, 1.165) is 5.57 Å². The highest BCUT2D eigenvalue weighted by atomic mass is 16.6. The first-order chi connectivity index (χ1) is 14.9. The fraction of sp³-hybridized carbons (Fsp3) is 0.760. The van der Waals surface area contributed by atoms with E-state index in [1.807, 2.05) is 13.0 Å². The van der Waals surface area contributed by atoms with Crippen LogP contribution in [0.3, 0.4) is 0 Å². The van der Waals surface area contributed by atoms with Gasteiger partial charge in [-0.05, 0) is 48.9 Å². The van der Waals surface area contributed by atoms with Crippen molar-refractivity contribution in [1.29, 1.82) is 0 Å². The second-order valence-corrected chi connectivity index (χ2v) is 10.7. The van der Waals surface area contributed by atoms with Gasteiger partial charge in [0.2, 0.25) is 0 Å². The Kier molecular flexibility index (Phi) is 5.51. The summed E-state index contributed by atoms with van der Waals surface area (Å²) in [5.41, 5.74) is -1.69. The highest BCUT2D eigenvalue weighted by Crippen LogP contribution is 2.67. The zero-order valence-corrected chi connectivity index (χ0v) is 19.2. The van der Waals surface area contributed by atoms with Crippen LogP contribution in [0.2, 0.25) is 0 Å². The fourth-order valence-electron chi connectivity index (χ4n) is 7.59. The third kappa shape index (κ3) is 3.14. The minimum atomic E-state index is -1.62. The first-order valence-corrected chi connectivity index (χ1v) is 11.5. The number of terminal acetylenes is 1. The Morgan fingerprint density at radius 3 is 2.34 bits per heavy atom. The molecular formula is C25H34O7. The number of aliphatic hydroxyl groups excluding tert-OH is 2. The molecule has 3 fully saturated rings. The molecule has 10 atom stereocenters. The van der Waals surface area contributed by atoms with Crippen LogP contribution in [0.5, 0.6) is 0 Å². The molecule has 0 unspecified atom stereocenters. The third-order valence-electron chi connectivity index (χ3n) is 9.19. The molecule has 4 aliphatic carbocycles. The van der Waals surface area contributed by atoms with Crippen LogP contribution in [0.4, 0.5) is 0 Å². The number of hydrogen-bond donors (Lipinski definition) is 3. The van der Waals surface area contributed by atoms with Crippen LogP contribution in [0.25, 0.3) is 0 Å². The molecule has 0 aromatic rings. The Balaban J connectivity index is 1.72. The number of esters is 2. The van der Waals surface area contributed by atoms with Crippen LogP contribution >= 0.6 is 0 Å². The standard InChI is InChI=1S/C25H34O7/c1-6-25(30)21(29)11-17-22-16(7-8-24(17,25)5)23(4)12-20(32-14(3)27)19(31-13(2)26)10-15(23)9-18(22)28/h1,9,16-22,28-30H,7-8,10-12H2,2-5H3/t16-,17-,18-,19+,20+,21+,22+,23-,24-,25-/m0/s1. The molecule has 0 saturated heterocycles. The predicted octanol–water partition coefficient (Wildman–Crippen LogP) is 1.73. The summed E-state index contributed by atoms with van der Waals surface area (Å²) in [7, 11) is 0. The maximum atomic E-state index is 11.8. The summed E-state index contributed by atoms with van der Waals surface area (Å²) >= 11 is 0. The molecule has 0 radical (unpaired) electrons. The van der Waals surface area contributed by atoms with Crippen molar-refractivity contribution in [1.82, 2.24) is 0 Å². The third-order valence-corrected chi connectivity index (χ3v) is 9.19. The number of hydrogen-bond acceptors (Lipinski definition) is 7. The molecule has 32 heavy (non-hydrogen) atoms. The van der Waals surface area contributed by atoms with Crippen molar-refractivity contribution in [2.75, 3.05) is 0 Å². The second-order valence-electron chi connectivity index (χ2n) is 10.7. The average molecular weight is 447 g/mol. The van der Waals surface area contributed by atoms with E-state index in [4.69, 9.17) is 15.9 Å². The van der Waals surface area contributed by atoms with Gasteiger partial charge >= 0.3 is 11.9 Å². The Morgan fingerprint density at radius 1 is 1.12 bits per heavy atom. The smallest absolute Gasteiger partial charge is 0.303 e. The Bertz CT molecular complexity index is 889. The van der Waals surface area contributed by atoms with Crippen molar-refractivity contribution in [3.05, 3.63) is 11.6 Å². The van der Waals surface area contributed by atoms with Crippen molar-refractivity contribution < 1.29 is 34.4 Å². The lowest BCUT2D eigenvalue weighted by Crippen LogP contribution is -2.59. The average Bonchev–Trinajstić information content (AvgIpc) is 2.90. The van der Waals surface area contributed by atoms with Gasteiger partial charge in [0.15, 0.2) is 5.60 Å². The molecule has 0 bridgehead atoms. The number of ether oxygens (including phenoxy) is 2. The van der Waals surface area contributed by atoms with Gasteiger partial charge in [0.1, 0.15) is 12.2 Å². The van der Waals surface area contributed by atoms with Gasteiger partial charge in [-0.25, -0.2) is 0 Å². The van der Waals surface area contributed by atoms with Gasteiger partial charge in [-0.1, -0.05) is 31.4 Å². The van der Waals surface area contributed by atoms with E-state index in [0.29, 0.717) is 32.1 Å². The van der Waals surface area contributed by atoms with Crippen molar-refractivity contribution >= 4 is 11.9 Å². The molecule has 0 aromatic carbocycles. The minimum absolute atomic E-state index is 0.0548. The summed E-state index contributed by atoms with van der Waals surface area (Å²) in [6.45, 7) is 6.74. The van der Waals surface area contributed by atoms with E-state index in [1.165, 1.54) is 13.8 Å². The van der Waals surface area contributed by atoms with Gasteiger partial charge < -0.3 is 24.8 Å². The lowest BCUT2D eigenvalue weighted by Gasteiger charge is -2.60. The van der Waals surface area contributed by atoms with E-state index < -0.39 is 47.4 Å². The molecule has 4 aliphatic rings. The van der Waals surface area contributed by atoms with Crippen LogP contribution in [-0.2, 0) is 19.1 Å². The van der Waals surface area contributed by atoms with Crippen LogP contribution in [-0.4, -0.2) is 57.3 Å². The van der Waals surface area contributed by atoms with Gasteiger partial charge in [-0.3, -0.25) is 9.59 Å². The summed E-state index contributed by atoms with van der Waals surface area (Å²) in [4.78, 5) is 23.4. The molecule has 176 valence electrons. The maximum Gasteiger partial charge on any atom is 0.303 e. The first-order valence-electron chi connectivity index (χ1n) is 11.5. The van der Waals surface area contributed by atoms with Crippen molar-refractivity contribution in [3.63, 3.8) is 0 Å². The highest BCUT2D eigenvalue weighted by Gasteiger charge is 2.68. The Labute approximate surface area is 189 Å². The number of carbonyl (C=O) groups excluding carboxylic acids is 2. The molecule has 3 N–H and O–H groups in total. The van der Waals surface area contributed by atoms with E-state index in [-0.39, 0.29) is 23.2 Å². The summed E-state index contributed by atoms with van der Waals surface area (Å²) < 4.78 is 11.1. The van der Waals surface area contributed by atoms with Crippen molar-refractivity contribution in [2.45, 2.75) is 89.8 Å². The summed E-state index contributed by atoms with van der Waals surface area (Å²) in [6.07, 6.45) is 7.12. The lowest BCUT2D eigenvalue weighted by molar-refractivity contribution is -0.178. The van der Waals surface area contributed by atoms with Gasteiger partial charge in [0.25, 0.3) is 0 Å². The van der Waals surface area contributed by atoms with E-state index in [2.05, 4.69) is 12.8 Å². The SMILES string of the molecule is C#C[C@]1(O)[C@H](O)C[C@H]2[C@@H]3[C@@H](O)C=C4C[C@@H](OC(C)=O)[C@H](OC(C)=O)C[C@]4(C)[C@H]3CC[C@@]21C. The molecule has 3 saturated carbocycles. The van der Waals surface area contributed by atoms with E-state index in [9.17, 15) is 24.9 Å². The zero-order valence-electron chi connectivity index (χ0n) is 19.2. The van der Waals surface area contributed by atoms with Crippen molar-refractivity contribution in [3.8, 4) is 12.3 Å². The predicted molar refractivity (Wildman–Crippen MR) is 115 cm³/mol. The molecular weight excluding hydrogens is 412 g/mol. The fourth-order valence-corrected chi connectivity index (χ4v) is 7.59. The van der Waals surface area contributed by atoms with Gasteiger partial charge in [0, 0.05) is 25.7 Å². The maximum absolute atomic E-state index is 11.8. The molecule has 4 rings (SSSR count). The quantitative estimate of drug-likeness (QED) is 0.336. The highest BCUT2D eigenvalue weighted by molar-refractivity contribution is 5.67.